The molecule has 2 heterocycles. The number of anilines is 2. The molecule has 0 bridgehead atoms. The lowest BCUT2D eigenvalue weighted by Gasteiger charge is -2.14. The monoisotopic (exact) mass is 544 g/mol. The number of hydrogen-bond acceptors (Lipinski definition) is 8. The minimum atomic E-state index is -3.85. The number of methoxy groups -OCH3 is 1. The molecule has 0 aliphatic heterocycles. The number of halogens is 2. The molecule has 0 unspecified atom stereocenters. The van der Waals surface area contributed by atoms with Gasteiger partial charge in [0, 0.05) is 51.2 Å². The summed E-state index contributed by atoms with van der Waals surface area (Å²) >= 11 is 6.18. The third-order valence-electron chi connectivity index (χ3n) is 4.56. The van der Waals surface area contributed by atoms with Crippen LogP contribution in [0.15, 0.2) is 30.6 Å². The molecule has 1 amide bonds. The predicted molar refractivity (Wildman–Crippen MR) is 136 cm³/mol. The average Bonchev–Trinajstić information content (AvgIpc) is 3.28. The van der Waals surface area contributed by atoms with Crippen molar-refractivity contribution >= 4 is 39.4 Å². The molecule has 0 aliphatic carbocycles. The van der Waals surface area contributed by atoms with Crippen LogP contribution < -0.4 is 15.4 Å². The van der Waals surface area contributed by atoms with E-state index < -0.39 is 47.0 Å². The zero-order valence-corrected chi connectivity index (χ0v) is 21.2. The highest BCUT2D eigenvalue weighted by molar-refractivity contribution is 7.92. The number of carbonyl (C=O) groups is 1. The minimum Gasteiger partial charge on any atom is -0.453 e. The van der Waals surface area contributed by atoms with Gasteiger partial charge in [0.05, 0.1) is 27.5 Å². The molecule has 3 N–H and O–H groups in total. The van der Waals surface area contributed by atoms with E-state index >= 15 is 4.39 Å². The van der Waals surface area contributed by atoms with Crippen molar-refractivity contribution in [2.24, 2.45) is 0 Å². The van der Waals surface area contributed by atoms with E-state index in [1.807, 2.05) is 19.2 Å². The summed E-state index contributed by atoms with van der Waals surface area (Å²) in [5.74, 6) is -1.31. The molecular formula is C22H27ClFN7O4S. The van der Waals surface area contributed by atoms with Gasteiger partial charge < -0.3 is 15.4 Å². The Labute approximate surface area is 220 Å². The number of aromatic nitrogens is 4. The van der Waals surface area contributed by atoms with E-state index in [0.29, 0.717) is 0 Å². The van der Waals surface area contributed by atoms with Crippen molar-refractivity contribution in [3.8, 4) is 22.5 Å². The molecule has 0 saturated carbocycles. The Morgan fingerprint density at radius 3 is 2.75 bits per heavy atom. The first-order valence-electron chi connectivity index (χ1n) is 12.8. The molecule has 0 saturated heterocycles. The zero-order valence-electron chi connectivity index (χ0n) is 24.6. The molecule has 0 aliphatic rings. The molecule has 1 atom stereocenters. The SMILES string of the molecule is [2H]C([2H])([2H])[C@H](NC(=O)OC)C([2H])([2H])Nc1nccc(-c2cn(C(C)C)nc2-c2cc(Cl)cc(NS(C)(=O)=O)c2F)n1. The Morgan fingerprint density at radius 1 is 1.36 bits per heavy atom. The van der Waals surface area contributed by atoms with E-state index in [-0.39, 0.29) is 39.5 Å². The fraction of sp³-hybridized carbons (Fsp3) is 0.364. The lowest BCUT2D eigenvalue weighted by atomic mass is 10.0. The van der Waals surface area contributed by atoms with Gasteiger partial charge in [-0.2, -0.15) is 5.10 Å². The Balaban J connectivity index is 2.12. The van der Waals surface area contributed by atoms with Crippen LogP contribution in [0.5, 0.6) is 0 Å². The van der Waals surface area contributed by atoms with E-state index in [9.17, 15) is 13.2 Å². The summed E-state index contributed by atoms with van der Waals surface area (Å²) in [6.07, 6.45) is 2.50. The lowest BCUT2D eigenvalue weighted by molar-refractivity contribution is 0.168. The maximum Gasteiger partial charge on any atom is 0.407 e. The van der Waals surface area contributed by atoms with Crippen molar-refractivity contribution in [1.82, 2.24) is 25.1 Å². The van der Waals surface area contributed by atoms with Crippen LogP contribution in [0.4, 0.5) is 20.8 Å². The van der Waals surface area contributed by atoms with Gasteiger partial charge in [-0.3, -0.25) is 9.40 Å². The minimum absolute atomic E-state index is 0.0182. The molecule has 1 aromatic carbocycles. The second-order valence-corrected chi connectivity index (χ2v) is 9.94. The molecule has 0 radical (unpaired) electrons. The summed E-state index contributed by atoms with van der Waals surface area (Å²) in [5.41, 5.74) is -0.131. The number of benzene rings is 1. The summed E-state index contributed by atoms with van der Waals surface area (Å²) in [7, 11) is -2.85. The van der Waals surface area contributed by atoms with Crippen molar-refractivity contribution in [1.29, 1.82) is 0 Å². The number of amides is 1. The summed E-state index contributed by atoms with van der Waals surface area (Å²) in [5, 5.41) is 8.72. The third kappa shape index (κ3) is 6.82. The van der Waals surface area contributed by atoms with Crippen molar-refractivity contribution in [3.05, 3.63) is 41.4 Å². The number of rotatable bonds is 9. The number of sulfonamides is 1. The van der Waals surface area contributed by atoms with Crippen LogP contribution in [0.25, 0.3) is 22.5 Å². The molecule has 11 nitrogen and oxygen atoms in total. The normalized spacial score (nSPS) is 15.1. The largest absolute Gasteiger partial charge is 0.453 e. The lowest BCUT2D eigenvalue weighted by Crippen LogP contribution is -2.37. The second kappa shape index (κ2) is 11.1. The van der Waals surface area contributed by atoms with Crippen LogP contribution in [0, 0.1) is 5.82 Å². The summed E-state index contributed by atoms with van der Waals surface area (Å²) in [6.45, 7) is -2.16. The fourth-order valence-corrected chi connectivity index (χ4v) is 3.76. The van der Waals surface area contributed by atoms with Gasteiger partial charge in [-0.05, 0) is 38.9 Å². The molecular weight excluding hydrogens is 513 g/mol. The Hall–Kier alpha value is -3.45. The smallest absolute Gasteiger partial charge is 0.407 e. The fourth-order valence-electron chi connectivity index (χ4n) is 3.00. The highest BCUT2D eigenvalue weighted by Crippen LogP contribution is 2.37. The number of hydrogen-bond donors (Lipinski definition) is 3. The average molecular weight is 545 g/mol. The van der Waals surface area contributed by atoms with Crippen molar-refractivity contribution in [2.75, 3.05) is 29.9 Å². The summed E-state index contributed by atoms with van der Waals surface area (Å²) < 4.78 is 86.8. The molecule has 194 valence electrons. The highest BCUT2D eigenvalue weighted by atomic mass is 35.5. The number of ether oxygens (including phenoxy) is 1. The maximum atomic E-state index is 15.6. The van der Waals surface area contributed by atoms with Crippen LogP contribution in [0.1, 0.15) is 33.6 Å². The number of carbonyl (C=O) groups excluding carboxylic acids is 1. The van der Waals surface area contributed by atoms with Gasteiger partial charge in [-0.25, -0.2) is 27.6 Å². The topological polar surface area (TPSA) is 140 Å². The zero-order chi connectivity index (χ0) is 30.9. The van der Waals surface area contributed by atoms with Crippen molar-refractivity contribution in [3.63, 3.8) is 0 Å². The van der Waals surface area contributed by atoms with Crippen LogP contribution >= 0.6 is 11.6 Å². The van der Waals surface area contributed by atoms with Gasteiger partial charge in [-0.1, -0.05) is 11.6 Å². The molecule has 0 spiro atoms. The highest BCUT2D eigenvalue weighted by Gasteiger charge is 2.22. The maximum absolute atomic E-state index is 15.6. The Kier molecular flexibility index (Phi) is 6.38. The number of nitrogens with one attached hydrogen (secondary N) is 3. The first-order valence-corrected chi connectivity index (χ1v) is 12.6. The quantitative estimate of drug-likeness (QED) is 0.368. The van der Waals surface area contributed by atoms with E-state index in [1.54, 1.807) is 6.20 Å². The Morgan fingerprint density at radius 2 is 2.11 bits per heavy atom. The molecule has 2 aromatic heterocycles. The molecule has 0 fully saturated rings. The van der Waals surface area contributed by atoms with Gasteiger partial charge in [0.2, 0.25) is 16.0 Å². The van der Waals surface area contributed by atoms with E-state index in [1.165, 1.54) is 23.0 Å². The van der Waals surface area contributed by atoms with Crippen molar-refractivity contribution in [2.45, 2.75) is 32.8 Å². The van der Waals surface area contributed by atoms with Crippen LogP contribution in [0.3, 0.4) is 0 Å². The summed E-state index contributed by atoms with van der Waals surface area (Å²) in [6, 6.07) is 1.54. The Bertz CT molecular complexity index is 1550. The van der Waals surface area contributed by atoms with Gasteiger partial charge in [-0.15, -0.1) is 0 Å². The second-order valence-electron chi connectivity index (χ2n) is 7.76. The number of alkyl carbamates (subject to hydrolysis) is 1. The van der Waals surface area contributed by atoms with E-state index in [0.717, 1.165) is 19.4 Å². The molecule has 14 heteroatoms. The predicted octanol–water partition coefficient (Wildman–Crippen LogP) is 3.91. The van der Waals surface area contributed by atoms with E-state index in [4.69, 9.17) is 18.5 Å². The molecule has 3 rings (SSSR count). The van der Waals surface area contributed by atoms with Crippen LogP contribution in [-0.4, -0.2) is 60.2 Å². The van der Waals surface area contributed by atoms with Crippen LogP contribution in [-0.2, 0) is 14.8 Å². The van der Waals surface area contributed by atoms with E-state index in [2.05, 4.69) is 29.8 Å². The van der Waals surface area contributed by atoms with Crippen molar-refractivity contribution < 1.29 is 29.2 Å². The standard InChI is InChI=1S/C22H27ClFN7O4S/c1-12(2)31-11-16(17-6-7-25-21(28-17)26-10-13(3)27-22(32)35-4)20(29-31)15-8-14(23)9-18(19(15)24)30-36(5,33)34/h6-9,11-13,30H,10H2,1-5H3,(H,27,32)(H,25,26,28)/t13-/m0/s1/i3D3,10D2. The molecule has 36 heavy (non-hydrogen) atoms. The van der Waals surface area contributed by atoms with Gasteiger partial charge in [0.25, 0.3) is 0 Å². The number of nitrogens with zero attached hydrogens (tertiary/aromatic N) is 4. The van der Waals surface area contributed by atoms with Crippen LogP contribution in [0.2, 0.25) is 5.02 Å². The summed E-state index contributed by atoms with van der Waals surface area (Å²) in [4.78, 5) is 19.9. The third-order valence-corrected chi connectivity index (χ3v) is 5.37. The van der Waals surface area contributed by atoms with Gasteiger partial charge in [0.1, 0.15) is 5.69 Å². The first kappa shape index (κ1) is 20.7. The molecule has 3 aromatic rings. The van der Waals surface area contributed by atoms with Gasteiger partial charge in [0.15, 0.2) is 5.82 Å². The first-order chi connectivity index (χ1) is 18.8. The van der Waals surface area contributed by atoms with Gasteiger partial charge >= 0.3 is 6.09 Å².